The lowest BCUT2D eigenvalue weighted by Gasteiger charge is -2.26. The minimum Gasteiger partial charge on any atom is -0.379 e. The second kappa shape index (κ2) is 11.7. The smallest absolute Gasteiger partial charge is 0.257 e. The molecule has 2 amide bonds. The molecule has 0 unspecified atom stereocenters. The Morgan fingerprint density at radius 1 is 1.03 bits per heavy atom. The van der Waals surface area contributed by atoms with Gasteiger partial charge in [0.05, 0.1) is 23.9 Å². The van der Waals surface area contributed by atoms with E-state index in [9.17, 15) is 18.0 Å². The van der Waals surface area contributed by atoms with E-state index in [0.717, 1.165) is 16.9 Å². The van der Waals surface area contributed by atoms with Gasteiger partial charge in [0.2, 0.25) is 21.1 Å². The topological polar surface area (TPSA) is 131 Å². The Balaban J connectivity index is 1.27. The summed E-state index contributed by atoms with van der Waals surface area (Å²) in [6.45, 7) is 1.78. The molecule has 0 saturated carbocycles. The summed E-state index contributed by atoms with van der Waals surface area (Å²) in [4.78, 5) is 24.7. The third-order valence-corrected chi connectivity index (χ3v) is 8.90. The molecule has 2 N–H and O–H groups in total. The van der Waals surface area contributed by atoms with E-state index in [-0.39, 0.29) is 27.3 Å². The Morgan fingerprint density at radius 3 is 2.46 bits per heavy atom. The SMILES string of the molecule is O=C(CSc1nnc(NC(=O)c2ccc(S(=O)(=O)N3CCOCC3)cc2)s1)NCc1ccccc1. The van der Waals surface area contributed by atoms with Crippen LogP contribution in [0.1, 0.15) is 15.9 Å². The molecule has 10 nitrogen and oxygen atoms in total. The molecule has 4 rings (SSSR count). The van der Waals surface area contributed by atoms with Crippen molar-refractivity contribution in [3.05, 3.63) is 65.7 Å². The maximum atomic E-state index is 12.7. The zero-order valence-electron chi connectivity index (χ0n) is 18.5. The van der Waals surface area contributed by atoms with Gasteiger partial charge in [-0.1, -0.05) is 53.4 Å². The van der Waals surface area contributed by atoms with Crippen LogP contribution in [0.15, 0.2) is 63.8 Å². The molecule has 184 valence electrons. The van der Waals surface area contributed by atoms with Crippen LogP contribution in [0.3, 0.4) is 0 Å². The van der Waals surface area contributed by atoms with Crippen molar-refractivity contribution in [2.45, 2.75) is 15.8 Å². The first-order chi connectivity index (χ1) is 16.9. The van der Waals surface area contributed by atoms with Crippen LogP contribution in [0.2, 0.25) is 0 Å². The minimum absolute atomic E-state index is 0.121. The number of carbonyl (C=O) groups excluding carboxylic acids is 2. The number of nitrogens with zero attached hydrogens (tertiary/aromatic N) is 3. The van der Waals surface area contributed by atoms with E-state index < -0.39 is 15.9 Å². The molecule has 0 bridgehead atoms. The van der Waals surface area contributed by atoms with E-state index in [1.807, 2.05) is 30.3 Å². The number of rotatable bonds is 9. The second-order valence-corrected chi connectivity index (χ2v) is 11.6. The predicted octanol–water partition coefficient (Wildman–Crippen LogP) is 2.22. The van der Waals surface area contributed by atoms with E-state index in [2.05, 4.69) is 20.8 Å². The van der Waals surface area contributed by atoms with Crippen molar-refractivity contribution in [3.8, 4) is 0 Å². The average molecular weight is 534 g/mol. The molecule has 2 aromatic carbocycles. The molecular formula is C22H23N5O5S3. The lowest BCUT2D eigenvalue weighted by molar-refractivity contribution is -0.118. The Bertz CT molecular complexity index is 1260. The molecule has 1 aromatic heterocycles. The number of amides is 2. The monoisotopic (exact) mass is 533 g/mol. The summed E-state index contributed by atoms with van der Waals surface area (Å²) in [6, 6.07) is 15.3. The predicted molar refractivity (Wildman–Crippen MR) is 133 cm³/mol. The van der Waals surface area contributed by atoms with Crippen LogP contribution in [0, 0.1) is 0 Å². The van der Waals surface area contributed by atoms with Gasteiger partial charge in [-0.15, -0.1) is 10.2 Å². The van der Waals surface area contributed by atoms with E-state index >= 15 is 0 Å². The quantitative estimate of drug-likeness (QED) is 0.316. The van der Waals surface area contributed by atoms with Crippen LogP contribution in [0.25, 0.3) is 0 Å². The van der Waals surface area contributed by atoms with E-state index in [1.54, 1.807) is 0 Å². The van der Waals surface area contributed by atoms with Crippen molar-refractivity contribution < 1.29 is 22.7 Å². The molecule has 13 heteroatoms. The van der Waals surface area contributed by atoms with Crippen LogP contribution < -0.4 is 10.6 Å². The van der Waals surface area contributed by atoms with E-state index in [1.165, 1.54) is 40.3 Å². The fourth-order valence-electron chi connectivity index (χ4n) is 3.18. The highest BCUT2D eigenvalue weighted by molar-refractivity contribution is 8.01. The standard InChI is InChI=1S/C22H23N5O5S3/c28-19(23-14-16-4-2-1-3-5-16)15-33-22-26-25-21(34-22)24-20(29)17-6-8-18(9-7-17)35(30,31)27-10-12-32-13-11-27/h1-9H,10-15H2,(H,23,28)(H,24,25,29). The van der Waals surface area contributed by atoms with Crippen molar-refractivity contribution in [1.29, 1.82) is 0 Å². The number of anilines is 1. The number of nitrogens with one attached hydrogen (secondary N) is 2. The molecule has 1 aliphatic rings. The van der Waals surface area contributed by atoms with Gasteiger partial charge in [0, 0.05) is 25.2 Å². The van der Waals surface area contributed by atoms with Gasteiger partial charge < -0.3 is 10.1 Å². The highest BCUT2D eigenvalue weighted by Gasteiger charge is 2.26. The fraction of sp³-hybridized carbons (Fsp3) is 0.273. The first-order valence-corrected chi connectivity index (χ1v) is 13.9. The highest BCUT2D eigenvalue weighted by atomic mass is 32.2. The van der Waals surface area contributed by atoms with Crippen LogP contribution in [0.5, 0.6) is 0 Å². The summed E-state index contributed by atoms with van der Waals surface area (Å²) < 4.78 is 32.5. The molecular weight excluding hydrogens is 510 g/mol. The van der Waals surface area contributed by atoms with Crippen molar-refractivity contribution in [2.24, 2.45) is 0 Å². The van der Waals surface area contributed by atoms with Gasteiger partial charge in [-0.05, 0) is 29.8 Å². The maximum absolute atomic E-state index is 12.7. The number of thioether (sulfide) groups is 1. The van der Waals surface area contributed by atoms with Crippen LogP contribution in [-0.4, -0.2) is 66.8 Å². The molecule has 2 heterocycles. The number of carbonyl (C=O) groups is 2. The van der Waals surface area contributed by atoms with Crippen LogP contribution >= 0.6 is 23.1 Å². The number of hydrogen-bond acceptors (Lipinski definition) is 9. The number of morpholine rings is 1. The van der Waals surface area contributed by atoms with Gasteiger partial charge in [0.15, 0.2) is 4.34 Å². The molecule has 0 atom stereocenters. The molecule has 0 spiro atoms. The van der Waals surface area contributed by atoms with Crippen molar-refractivity contribution >= 4 is 50.1 Å². The van der Waals surface area contributed by atoms with Crippen molar-refractivity contribution in [3.63, 3.8) is 0 Å². The Kier molecular flexibility index (Phi) is 8.46. The molecule has 35 heavy (non-hydrogen) atoms. The van der Waals surface area contributed by atoms with Gasteiger partial charge in [-0.2, -0.15) is 4.31 Å². The summed E-state index contributed by atoms with van der Waals surface area (Å²) >= 11 is 2.38. The summed E-state index contributed by atoms with van der Waals surface area (Å²) in [5.74, 6) is -0.394. The Hall–Kier alpha value is -2.84. The lowest BCUT2D eigenvalue weighted by Crippen LogP contribution is -2.40. The maximum Gasteiger partial charge on any atom is 0.257 e. The Labute approximate surface area is 211 Å². The molecule has 0 aliphatic carbocycles. The van der Waals surface area contributed by atoms with Crippen molar-refractivity contribution in [1.82, 2.24) is 19.8 Å². The number of aromatic nitrogens is 2. The minimum atomic E-state index is -3.63. The molecule has 1 fully saturated rings. The summed E-state index contributed by atoms with van der Waals surface area (Å²) in [7, 11) is -3.63. The molecule has 3 aromatic rings. The average Bonchev–Trinajstić information content (AvgIpc) is 3.34. The van der Waals surface area contributed by atoms with Gasteiger partial charge in [-0.3, -0.25) is 14.9 Å². The first kappa shape index (κ1) is 25.3. The van der Waals surface area contributed by atoms with Gasteiger partial charge in [0.25, 0.3) is 5.91 Å². The summed E-state index contributed by atoms with van der Waals surface area (Å²) in [5.41, 5.74) is 1.30. The fourth-order valence-corrected chi connectivity index (χ4v) is 6.16. The molecule has 1 aliphatic heterocycles. The number of ether oxygens (including phenoxy) is 1. The third-order valence-electron chi connectivity index (χ3n) is 5.01. The number of hydrogen-bond donors (Lipinski definition) is 2. The largest absolute Gasteiger partial charge is 0.379 e. The third kappa shape index (κ3) is 6.86. The molecule has 1 saturated heterocycles. The first-order valence-electron chi connectivity index (χ1n) is 10.7. The number of benzene rings is 2. The summed E-state index contributed by atoms with van der Waals surface area (Å²) in [5, 5.41) is 13.7. The van der Waals surface area contributed by atoms with Gasteiger partial charge >= 0.3 is 0 Å². The zero-order chi connectivity index (χ0) is 24.7. The zero-order valence-corrected chi connectivity index (χ0v) is 21.0. The number of sulfonamides is 1. The van der Waals surface area contributed by atoms with E-state index in [0.29, 0.717) is 37.2 Å². The second-order valence-electron chi connectivity index (χ2n) is 7.42. The van der Waals surface area contributed by atoms with Crippen LogP contribution in [0.4, 0.5) is 5.13 Å². The van der Waals surface area contributed by atoms with Gasteiger partial charge in [-0.25, -0.2) is 8.42 Å². The van der Waals surface area contributed by atoms with E-state index in [4.69, 9.17) is 4.74 Å². The normalized spacial score (nSPS) is 14.4. The summed E-state index contributed by atoms with van der Waals surface area (Å²) in [6.07, 6.45) is 0. The highest BCUT2D eigenvalue weighted by Crippen LogP contribution is 2.26. The van der Waals surface area contributed by atoms with Gasteiger partial charge in [0.1, 0.15) is 0 Å². The lowest BCUT2D eigenvalue weighted by atomic mass is 10.2. The van der Waals surface area contributed by atoms with Crippen LogP contribution in [-0.2, 0) is 26.1 Å². The Morgan fingerprint density at radius 2 is 1.74 bits per heavy atom. The van der Waals surface area contributed by atoms with Crippen molar-refractivity contribution in [2.75, 3.05) is 37.4 Å². The molecule has 0 radical (unpaired) electrons.